The number of hydrogen-bond acceptors (Lipinski definition) is 7. The standard InChI is InChI=1S/C9H11ClN6S/c1-2-11-8-14-7(10)15-9(16-8)12-3-6-4-17-5-13-6/h4-5H,2-3H2,1H3,(H2,11,12,14,15,16). The van der Waals surface area contributed by atoms with E-state index in [9.17, 15) is 0 Å². The zero-order chi connectivity index (χ0) is 12.1. The maximum Gasteiger partial charge on any atom is 0.229 e. The molecule has 0 unspecified atom stereocenters. The van der Waals surface area contributed by atoms with E-state index in [0.717, 1.165) is 12.2 Å². The van der Waals surface area contributed by atoms with Gasteiger partial charge in [-0.3, -0.25) is 0 Å². The third-order valence-corrected chi connectivity index (χ3v) is 2.66. The van der Waals surface area contributed by atoms with E-state index in [1.54, 1.807) is 16.8 Å². The predicted octanol–water partition coefficient (Wildman–Crippen LogP) is 2.03. The number of thiazole rings is 1. The zero-order valence-corrected chi connectivity index (χ0v) is 10.7. The van der Waals surface area contributed by atoms with Gasteiger partial charge in [-0.05, 0) is 18.5 Å². The van der Waals surface area contributed by atoms with Crippen LogP contribution >= 0.6 is 22.9 Å². The Labute approximate surface area is 108 Å². The second-order valence-corrected chi connectivity index (χ2v) is 4.17. The smallest absolute Gasteiger partial charge is 0.229 e. The molecule has 0 saturated heterocycles. The first-order valence-corrected chi connectivity index (χ1v) is 6.36. The molecule has 0 amide bonds. The molecule has 90 valence electrons. The van der Waals surface area contributed by atoms with E-state index in [4.69, 9.17) is 11.6 Å². The second kappa shape index (κ2) is 5.74. The lowest BCUT2D eigenvalue weighted by Gasteiger charge is -2.05. The van der Waals surface area contributed by atoms with Crippen molar-refractivity contribution in [3.63, 3.8) is 0 Å². The summed E-state index contributed by atoms with van der Waals surface area (Å²) in [4.78, 5) is 16.2. The van der Waals surface area contributed by atoms with Gasteiger partial charge in [-0.2, -0.15) is 15.0 Å². The summed E-state index contributed by atoms with van der Waals surface area (Å²) in [6, 6.07) is 0. The highest BCUT2D eigenvalue weighted by Crippen LogP contribution is 2.10. The molecule has 0 fully saturated rings. The highest BCUT2D eigenvalue weighted by atomic mass is 35.5. The minimum Gasteiger partial charge on any atom is -0.354 e. The normalized spacial score (nSPS) is 10.2. The van der Waals surface area contributed by atoms with E-state index in [1.807, 2.05) is 12.3 Å². The van der Waals surface area contributed by atoms with Gasteiger partial charge in [-0.15, -0.1) is 11.3 Å². The SMILES string of the molecule is CCNc1nc(Cl)nc(NCc2cscn2)n1. The van der Waals surface area contributed by atoms with Gasteiger partial charge in [0.05, 0.1) is 17.7 Å². The Hall–Kier alpha value is -1.47. The average Bonchev–Trinajstić information content (AvgIpc) is 2.79. The van der Waals surface area contributed by atoms with Crippen molar-refractivity contribution < 1.29 is 0 Å². The third-order valence-electron chi connectivity index (χ3n) is 1.85. The summed E-state index contributed by atoms with van der Waals surface area (Å²) in [5.74, 6) is 0.905. The van der Waals surface area contributed by atoms with Crippen molar-refractivity contribution in [1.82, 2.24) is 19.9 Å². The quantitative estimate of drug-likeness (QED) is 0.866. The molecule has 8 heteroatoms. The Kier molecular flexibility index (Phi) is 4.05. The molecule has 0 bridgehead atoms. The Bertz CT molecular complexity index is 474. The van der Waals surface area contributed by atoms with E-state index in [0.29, 0.717) is 18.4 Å². The molecule has 2 rings (SSSR count). The first-order chi connectivity index (χ1) is 8.28. The van der Waals surface area contributed by atoms with Gasteiger partial charge < -0.3 is 10.6 Å². The van der Waals surface area contributed by atoms with Crippen LogP contribution in [0, 0.1) is 0 Å². The van der Waals surface area contributed by atoms with Crippen molar-refractivity contribution in [2.45, 2.75) is 13.5 Å². The Morgan fingerprint density at radius 1 is 1.24 bits per heavy atom. The van der Waals surface area contributed by atoms with Gasteiger partial charge in [0, 0.05) is 11.9 Å². The highest BCUT2D eigenvalue weighted by molar-refractivity contribution is 7.07. The van der Waals surface area contributed by atoms with Gasteiger partial charge in [0.25, 0.3) is 0 Å². The van der Waals surface area contributed by atoms with Gasteiger partial charge in [0.15, 0.2) is 0 Å². The summed E-state index contributed by atoms with van der Waals surface area (Å²) in [6.45, 7) is 3.25. The van der Waals surface area contributed by atoms with Crippen molar-refractivity contribution in [1.29, 1.82) is 0 Å². The topological polar surface area (TPSA) is 75.6 Å². The average molecular weight is 271 g/mol. The number of halogens is 1. The molecule has 0 radical (unpaired) electrons. The maximum atomic E-state index is 5.79. The van der Waals surface area contributed by atoms with Crippen LogP contribution in [0.25, 0.3) is 0 Å². The fourth-order valence-corrected chi connectivity index (χ4v) is 1.88. The van der Waals surface area contributed by atoms with Crippen molar-refractivity contribution in [2.24, 2.45) is 0 Å². The molecular formula is C9H11ClN6S. The second-order valence-electron chi connectivity index (χ2n) is 3.12. The van der Waals surface area contributed by atoms with Crippen LogP contribution in [0.15, 0.2) is 10.9 Å². The van der Waals surface area contributed by atoms with E-state index < -0.39 is 0 Å². The van der Waals surface area contributed by atoms with E-state index in [1.165, 1.54) is 0 Å². The van der Waals surface area contributed by atoms with Crippen molar-refractivity contribution in [3.05, 3.63) is 21.9 Å². The van der Waals surface area contributed by atoms with Crippen molar-refractivity contribution >= 4 is 34.8 Å². The number of nitrogens with zero attached hydrogens (tertiary/aromatic N) is 4. The first-order valence-electron chi connectivity index (χ1n) is 5.04. The summed E-state index contributed by atoms with van der Waals surface area (Å²) in [7, 11) is 0. The van der Waals surface area contributed by atoms with E-state index in [-0.39, 0.29) is 5.28 Å². The monoisotopic (exact) mass is 270 g/mol. The molecule has 6 nitrogen and oxygen atoms in total. The lowest BCUT2D eigenvalue weighted by Crippen LogP contribution is -2.09. The lowest BCUT2D eigenvalue weighted by atomic mass is 10.5. The van der Waals surface area contributed by atoms with E-state index >= 15 is 0 Å². The van der Waals surface area contributed by atoms with Crippen LogP contribution < -0.4 is 10.6 Å². The van der Waals surface area contributed by atoms with Gasteiger partial charge >= 0.3 is 0 Å². The molecule has 0 aliphatic rings. The van der Waals surface area contributed by atoms with Crippen LogP contribution in [-0.2, 0) is 6.54 Å². The molecule has 2 N–H and O–H groups in total. The van der Waals surface area contributed by atoms with Gasteiger partial charge in [0.2, 0.25) is 17.2 Å². The third kappa shape index (κ3) is 3.50. The van der Waals surface area contributed by atoms with Crippen LogP contribution in [-0.4, -0.2) is 26.5 Å². The predicted molar refractivity (Wildman–Crippen MR) is 68.4 cm³/mol. The lowest BCUT2D eigenvalue weighted by molar-refractivity contribution is 0.974. The molecule has 0 aromatic carbocycles. The van der Waals surface area contributed by atoms with Gasteiger partial charge in [-0.1, -0.05) is 0 Å². The summed E-state index contributed by atoms with van der Waals surface area (Å²) in [6.07, 6.45) is 0. The number of nitrogens with one attached hydrogen (secondary N) is 2. The largest absolute Gasteiger partial charge is 0.354 e. The van der Waals surface area contributed by atoms with Crippen LogP contribution in [0.3, 0.4) is 0 Å². The minimum atomic E-state index is 0.164. The summed E-state index contributed by atoms with van der Waals surface area (Å²) >= 11 is 7.34. The molecule has 2 aromatic heterocycles. The maximum absolute atomic E-state index is 5.79. The molecule has 17 heavy (non-hydrogen) atoms. The molecular weight excluding hydrogens is 260 g/mol. The van der Waals surface area contributed by atoms with Crippen LogP contribution in [0.5, 0.6) is 0 Å². The van der Waals surface area contributed by atoms with Crippen molar-refractivity contribution in [2.75, 3.05) is 17.2 Å². The summed E-state index contributed by atoms with van der Waals surface area (Å²) in [5, 5.41) is 8.15. The Morgan fingerprint density at radius 3 is 2.65 bits per heavy atom. The Morgan fingerprint density at radius 2 is 2.00 bits per heavy atom. The van der Waals surface area contributed by atoms with Crippen LogP contribution in [0.2, 0.25) is 5.28 Å². The molecule has 2 heterocycles. The van der Waals surface area contributed by atoms with Crippen LogP contribution in [0.1, 0.15) is 12.6 Å². The molecule has 0 aliphatic carbocycles. The molecule has 0 atom stereocenters. The number of rotatable bonds is 5. The number of aromatic nitrogens is 4. The van der Waals surface area contributed by atoms with E-state index in [2.05, 4.69) is 30.6 Å². The highest BCUT2D eigenvalue weighted by Gasteiger charge is 2.04. The Balaban J connectivity index is 2.04. The number of anilines is 2. The zero-order valence-electron chi connectivity index (χ0n) is 9.14. The molecule has 0 aliphatic heterocycles. The first kappa shape index (κ1) is 12.0. The minimum absolute atomic E-state index is 0.164. The fraction of sp³-hybridized carbons (Fsp3) is 0.333. The summed E-state index contributed by atoms with van der Waals surface area (Å²) < 4.78 is 0. The molecule has 2 aromatic rings. The van der Waals surface area contributed by atoms with Crippen molar-refractivity contribution in [3.8, 4) is 0 Å². The van der Waals surface area contributed by atoms with Crippen LogP contribution in [0.4, 0.5) is 11.9 Å². The molecule has 0 spiro atoms. The van der Waals surface area contributed by atoms with Gasteiger partial charge in [-0.25, -0.2) is 4.98 Å². The van der Waals surface area contributed by atoms with Gasteiger partial charge in [0.1, 0.15) is 0 Å². The fourth-order valence-electron chi connectivity index (χ4n) is 1.16. The number of hydrogen-bond donors (Lipinski definition) is 2. The summed E-state index contributed by atoms with van der Waals surface area (Å²) in [5.41, 5.74) is 2.72. The molecule has 0 saturated carbocycles.